The summed E-state index contributed by atoms with van der Waals surface area (Å²) in [6.07, 6.45) is 5.03. The summed E-state index contributed by atoms with van der Waals surface area (Å²) in [6.45, 7) is 3.51. The highest BCUT2D eigenvalue weighted by Gasteiger charge is 2.03. The van der Waals surface area contributed by atoms with E-state index in [2.05, 4.69) is 20.5 Å². The molecule has 2 aromatic heterocycles. The Bertz CT molecular complexity index is 464. The molecule has 0 aromatic carbocycles. The first-order chi connectivity index (χ1) is 7.81. The lowest BCUT2D eigenvalue weighted by Gasteiger charge is -2.08. The van der Waals surface area contributed by atoms with E-state index in [9.17, 15) is 0 Å². The van der Waals surface area contributed by atoms with Gasteiger partial charge in [0, 0.05) is 12.7 Å². The van der Waals surface area contributed by atoms with Gasteiger partial charge < -0.3 is 15.6 Å². The summed E-state index contributed by atoms with van der Waals surface area (Å²) in [5.74, 6) is 0.888. The fraction of sp³-hybridized carbons (Fsp3) is 0.300. The van der Waals surface area contributed by atoms with Crippen molar-refractivity contribution in [2.45, 2.75) is 20.0 Å². The molecule has 0 aliphatic heterocycles. The second-order valence-corrected chi connectivity index (χ2v) is 3.35. The predicted octanol–water partition coefficient (Wildman–Crippen LogP) is 0.887. The van der Waals surface area contributed by atoms with E-state index in [0.29, 0.717) is 12.2 Å². The van der Waals surface area contributed by atoms with Crippen molar-refractivity contribution in [3.8, 4) is 0 Å². The van der Waals surface area contributed by atoms with Gasteiger partial charge in [-0.15, -0.1) is 10.2 Å². The molecule has 0 spiro atoms. The highest BCUT2D eigenvalue weighted by atomic mass is 15.3. The normalized spacial score (nSPS) is 10.3. The van der Waals surface area contributed by atoms with Crippen LogP contribution in [-0.2, 0) is 13.1 Å². The van der Waals surface area contributed by atoms with Crippen LogP contribution in [0.25, 0.3) is 0 Å². The monoisotopic (exact) mass is 218 g/mol. The molecular formula is C10H14N6. The molecule has 6 heteroatoms. The Morgan fingerprint density at radius 3 is 3.12 bits per heavy atom. The summed E-state index contributed by atoms with van der Waals surface area (Å²) in [4.78, 5) is 3.93. The average molecular weight is 218 g/mol. The molecule has 0 saturated carbocycles. The standard InChI is InChI=1S/C10H14N6/c1-2-16-7-14-15-10(16)6-13-9-3-4-12-5-8(9)11/h3-5,7H,2,6,11H2,1H3,(H,12,13). The molecule has 0 atom stereocenters. The van der Waals surface area contributed by atoms with Gasteiger partial charge in [-0.2, -0.15) is 0 Å². The van der Waals surface area contributed by atoms with Gasteiger partial charge in [-0.05, 0) is 13.0 Å². The van der Waals surface area contributed by atoms with Crippen LogP contribution < -0.4 is 11.1 Å². The van der Waals surface area contributed by atoms with E-state index in [1.54, 1.807) is 18.7 Å². The molecule has 3 N–H and O–H groups in total. The van der Waals surface area contributed by atoms with Crippen LogP contribution >= 0.6 is 0 Å². The molecule has 0 bridgehead atoms. The van der Waals surface area contributed by atoms with Crippen LogP contribution in [0, 0.1) is 0 Å². The summed E-state index contributed by atoms with van der Waals surface area (Å²) in [5.41, 5.74) is 7.25. The second-order valence-electron chi connectivity index (χ2n) is 3.35. The van der Waals surface area contributed by atoms with Crippen molar-refractivity contribution in [1.82, 2.24) is 19.7 Å². The van der Waals surface area contributed by atoms with E-state index in [0.717, 1.165) is 18.1 Å². The summed E-state index contributed by atoms with van der Waals surface area (Å²) in [6, 6.07) is 1.84. The van der Waals surface area contributed by atoms with Gasteiger partial charge in [-0.25, -0.2) is 0 Å². The molecule has 0 fully saturated rings. The van der Waals surface area contributed by atoms with Crippen LogP contribution in [0.1, 0.15) is 12.7 Å². The smallest absolute Gasteiger partial charge is 0.152 e. The molecule has 0 saturated heterocycles. The van der Waals surface area contributed by atoms with Gasteiger partial charge in [0.15, 0.2) is 5.82 Å². The van der Waals surface area contributed by atoms with E-state index in [-0.39, 0.29) is 0 Å². The highest BCUT2D eigenvalue weighted by Crippen LogP contribution is 2.15. The summed E-state index contributed by atoms with van der Waals surface area (Å²) in [5, 5.41) is 11.1. The first-order valence-corrected chi connectivity index (χ1v) is 5.11. The topological polar surface area (TPSA) is 81.7 Å². The van der Waals surface area contributed by atoms with E-state index in [1.165, 1.54) is 0 Å². The number of pyridine rings is 1. The Balaban J connectivity index is 2.05. The van der Waals surface area contributed by atoms with Crippen LogP contribution in [0.4, 0.5) is 11.4 Å². The molecule has 84 valence electrons. The van der Waals surface area contributed by atoms with Crippen molar-refractivity contribution < 1.29 is 0 Å². The predicted molar refractivity (Wildman–Crippen MR) is 61.7 cm³/mol. The van der Waals surface area contributed by atoms with Crippen molar-refractivity contribution in [3.63, 3.8) is 0 Å². The minimum Gasteiger partial charge on any atom is -0.396 e. The van der Waals surface area contributed by atoms with Crippen LogP contribution in [0.2, 0.25) is 0 Å². The Hall–Kier alpha value is -2.11. The number of hydrogen-bond acceptors (Lipinski definition) is 5. The van der Waals surface area contributed by atoms with Crippen LogP contribution in [0.15, 0.2) is 24.8 Å². The molecule has 0 aliphatic carbocycles. The third-order valence-corrected chi connectivity index (χ3v) is 2.33. The zero-order valence-electron chi connectivity index (χ0n) is 9.09. The SMILES string of the molecule is CCn1cnnc1CNc1ccncc1N. The largest absolute Gasteiger partial charge is 0.396 e. The molecule has 0 amide bonds. The zero-order chi connectivity index (χ0) is 11.4. The van der Waals surface area contributed by atoms with Crippen molar-refractivity contribution in [2.24, 2.45) is 0 Å². The Morgan fingerprint density at radius 2 is 2.38 bits per heavy atom. The summed E-state index contributed by atoms with van der Waals surface area (Å²) in [7, 11) is 0. The van der Waals surface area contributed by atoms with E-state index in [4.69, 9.17) is 5.73 Å². The Labute approximate surface area is 93.5 Å². The minimum atomic E-state index is 0.599. The quantitative estimate of drug-likeness (QED) is 0.796. The molecule has 0 aliphatic rings. The maximum atomic E-state index is 5.76. The number of nitrogens with two attached hydrogens (primary N) is 1. The number of nitrogen functional groups attached to an aromatic ring is 1. The average Bonchev–Trinajstić information content (AvgIpc) is 2.75. The number of rotatable bonds is 4. The summed E-state index contributed by atoms with van der Waals surface area (Å²) >= 11 is 0. The highest BCUT2D eigenvalue weighted by molar-refractivity contribution is 5.63. The van der Waals surface area contributed by atoms with Gasteiger partial charge in [0.2, 0.25) is 0 Å². The molecule has 0 radical (unpaired) electrons. The first kappa shape index (κ1) is 10.4. The fourth-order valence-electron chi connectivity index (χ4n) is 1.42. The van der Waals surface area contributed by atoms with E-state index in [1.807, 2.05) is 17.6 Å². The van der Waals surface area contributed by atoms with Gasteiger partial charge in [-0.1, -0.05) is 0 Å². The lowest BCUT2D eigenvalue weighted by atomic mass is 10.3. The number of aryl methyl sites for hydroxylation is 1. The molecule has 6 nitrogen and oxygen atoms in total. The molecule has 0 unspecified atom stereocenters. The molecule has 2 aromatic rings. The third kappa shape index (κ3) is 2.10. The molecular weight excluding hydrogens is 204 g/mol. The zero-order valence-corrected chi connectivity index (χ0v) is 9.09. The Kier molecular flexibility index (Phi) is 3.00. The minimum absolute atomic E-state index is 0.599. The van der Waals surface area contributed by atoms with Crippen molar-refractivity contribution >= 4 is 11.4 Å². The van der Waals surface area contributed by atoms with Gasteiger partial charge in [0.05, 0.1) is 24.1 Å². The van der Waals surface area contributed by atoms with Crippen molar-refractivity contribution in [1.29, 1.82) is 0 Å². The second kappa shape index (κ2) is 4.61. The van der Waals surface area contributed by atoms with Crippen molar-refractivity contribution in [3.05, 3.63) is 30.6 Å². The number of anilines is 2. The maximum absolute atomic E-state index is 5.76. The van der Waals surface area contributed by atoms with Gasteiger partial charge in [0.25, 0.3) is 0 Å². The first-order valence-electron chi connectivity index (χ1n) is 5.11. The number of nitrogens with zero attached hydrogens (tertiary/aromatic N) is 4. The van der Waals surface area contributed by atoms with E-state index < -0.39 is 0 Å². The fourth-order valence-corrected chi connectivity index (χ4v) is 1.42. The number of aromatic nitrogens is 4. The summed E-state index contributed by atoms with van der Waals surface area (Å²) < 4.78 is 1.98. The molecule has 16 heavy (non-hydrogen) atoms. The van der Waals surface area contributed by atoms with Gasteiger partial charge in [0.1, 0.15) is 6.33 Å². The molecule has 2 heterocycles. The Morgan fingerprint density at radius 1 is 1.50 bits per heavy atom. The van der Waals surface area contributed by atoms with Crippen LogP contribution in [-0.4, -0.2) is 19.7 Å². The lowest BCUT2D eigenvalue weighted by Crippen LogP contribution is -2.08. The maximum Gasteiger partial charge on any atom is 0.152 e. The van der Waals surface area contributed by atoms with Crippen LogP contribution in [0.5, 0.6) is 0 Å². The van der Waals surface area contributed by atoms with Crippen LogP contribution in [0.3, 0.4) is 0 Å². The van der Waals surface area contributed by atoms with Gasteiger partial charge in [-0.3, -0.25) is 4.98 Å². The number of nitrogens with one attached hydrogen (secondary N) is 1. The van der Waals surface area contributed by atoms with Crippen molar-refractivity contribution in [2.75, 3.05) is 11.1 Å². The molecule has 2 rings (SSSR count). The van der Waals surface area contributed by atoms with Gasteiger partial charge >= 0.3 is 0 Å². The van der Waals surface area contributed by atoms with E-state index >= 15 is 0 Å². The third-order valence-electron chi connectivity index (χ3n) is 2.33. The number of hydrogen-bond donors (Lipinski definition) is 2. The lowest BCUT2D eigenvalue weighted by molar-refractivity contribution is 0.708.